The van der Waals surface area contributed by atoms with Crippen molar-refractivity contribution in [2.75, 3.05) is 23.7 Å². The first kappa shape index (κ1) is 22.4. The molecule has 0 saturated heterocycles. The molecule has 0 aliphatic carbocycles. The van der Waals surface area contributed by atoms with Gasteiger partial charge in [0.15, 0.2) is 0 Å². The van der Waals surface area contributed by atoms with E-state index in [0.29, 0.717) is 18.8 Å². The van der Waals surface area contributed by atoms with Gasteiger partial charge in [-0.05, 0) is 67.1 Å². The van der Waals surface area contributed by atoms with Crippen molar-refractivity contribution in [2.45, 2.75) is 29.7 Å². The van der Waals surface area contributed by atoms with Crippen molar-refractivity contribution in [3.05, 3.63) is 89.5 Å². The number of carbonyl (C=O) groups excluding carboxylic acids is 1. The van der Waals surface area contributed by atoms with Gasteiger partial charge in [-0.2, -0.15) is 0 Å². The molecule has 4 rings (SSSR count). The maximum atomic E-state index is 13.6. The van der Waals surface area contributed by atoms with E-state index in [9.17, 15) is 13.2 Å². The Balaban J connectivity index is 1.64. The van der Waals surface area contributed by atoms with Gasteiger partial charge in [0, 0.05) is 18.0 Å². The van der Waals surface area contributed by atoms with Crippen LogP contribution in [0.5, 0.6) is 0 Å². The van der Waals surface area contributed by atoms with Crippen molar-refractivity contribution in [1.82, 2.24) is 4.90 Å². The normalized spacial score (nSPS) is 13.5. The number of sulfonamides is 1. The fraction of sp³-hybridized carbons (Fsp3) is 0.240. The summed E-state index contributed by atoms with van der Waals surface area (Å²) in [7, 11) is -3.91. The van der Waals surface area contributed by atoms with E-state index in [2.05, 4.69) is 6.07 Å². The fourth-order valence-corrected chi connectivity index (χ4v) is 5.65. The minimum absolute atomic E-state index is 0.174. The van der Waals surface area contributed by atoms with Crippen molar-refractivity contribution >= 4 is 33.4 Å². The number of thioether (sulfide) groups is 1. The molecule has 5 nitrogen and oxygen atoms in total. The molecule has 0 bridgehead atoms. The van der Waals surface area contributed by atoms with Gasteiger partial charge < -0.3 is 4.90 Å². The lowest BCUT2D eigenvalue weighted by molar-refractivity contribution is -0.130. The van der Waals surface area contributed by atoms with Gasteiger partial charge in [0.25, 0.3) is 10.0 Å². The molecule has 0 atom stereocenters. The molecule has 166 valence electrons. The molecule has 1 aliphatic rings. The molecule has 0 spiro atoms. The monoisotopic (exact) mass is 466 g/mol. The summed E-state index contributed by atoms with van der Waals surface area (Å²) in [5, 5.41) is 0. The van der Waals surface area contributed by atoms with Crippen LogP contribution in [0.4, 0.5) is 5.69 Å². The molecule has 0 radical (unpaired) electrons. The fourth-order valence-electron chi connectivity index (χ4n) is 3.83. The summed E-state index contributed by atoms with van der Waals surface area (Å²) < 4.78 is 28.4. The second kappa shape index (κ2) is 9.38. The second-order valence-electron chi connectivity index (χ2n) is 7.86. The van der Waals surface area contributed by atoms with Gasteiger partial charge in [0.2, 0.25) is 5.91 Å². The molecular formula is C25H26N2O3S2. The Kier molecular flexibility index (Phi) is 6.58. The van der Waals surface area contributed by atoms with Crippen LogP contribution in [0, 0.1) is 6.92 Å². The van der Waals surface area contributed by atoms with E-state index in [-0.39, 0.29) is 17.3 Å². The Hall–Kier alpha value is -2.77. The SMILES string of the molecule is CSc1ccc(S(=O)(=O)N(CC(=O)N2CCc3ccccc3C2)c2ccc(C)cc2)cc1. The maximum absolute atomic E-state index is 13.6. The van der Waals surface area contributed by atoms with Crippen molar-refractivity contribution in [3.63, 3.8) is 0 Å². The number of fused-ring (bicyclic) bond motifs is 1. The van der Waals surface area contributed by atoms with Crippen molar-refractivity contribution in [1.29, 1.82) is 0 Å². The van der Waals surface area contributed by atoms with Crippen LogP contribution >= 0.6 is 11.8 Å². The van der Waals surface area contributed by atoms with E-state index in [0.717, 1.165) is 22.4 Å². The molecule has 3 aromatic rings. The summed E-state index contributed by atoms with van der Waals surface area (Å²) in [5.74, 6) is -0.204. The Bertz CT molecular complexity index is 1210. The molecule has 3 aromatic carbocycles. The van der Waals surface area contributed by atoms with Crippen LogP contribution in [-0.4, -0.2) is 38.6 Å². The van der Waals surface area contributed by atoms with E-state index in [1.54, 1.807) is 53.1 Å². The third kappa shape index (κ3) is 4.69. The third-order valence-electron chi connectivity index (χ3n) is 5.73. The largest absolute Gasteiger partial charge is 0.336 e. The molecular weight excluding hydrogens is 440 g/mol. The maximum Gasteiger partial charge on any atom is 0.264 e. The van der Waals surface area contributed by atoms with Gasteiger partial charge in [-0.3, -0.25) is 9.10 Å². The number of benzene rings is 3. The minimum Gasteiger partial charge on any atom is -0.336 e. The first-order chi connectivity index (χ1) is 15.4. The molecule has 0 fully saturated rings. The summed E-state index contributed by atoms with van der Waals surface area (Å²) in [6.45, 7) is 2.79. The molecule has 0 saturated carbocycles. The summed E-state index contributed by atoms with van der Waals surface area (Å²) in [6, 6.07) is 22.1. The lowest BCUT2D eigenvalue weighted by Crippen LogP contribution is -2.44. The number of aryl methyl sites for hydroxylation is 1. The molecule has 7 heteroatoms. The highest BCUT2D eigenvalue weighted by atomic mass is 32.2. The Morgan fingerprint density at radius 3 is 2.28 bits per heavy atom. The highest BCUT2D eigenvalue weighted by molar-refractivity contribution is 7.98. The summed E-state index contributed by atoms with van der Waals surface area (Å²) in [4.78, 5) is 16.2. The van der Waals surface area contributed by atoms with Gasteiger partial charge in [-0.1, -0.05) is 42.0 Å². The Morgan fingerprint density at radius 2 is 1.62 bits per heavy atom. The first-order valence-corrected chi connectivity index (χ1v) is 13.1. The topological polar surface area (TPSA) is 57.7 Å². The van der Waals surface area contributed by atoms with Crippen LogP contribution in [0.2, 0.25) is 0 Å². The molecule has 1 aliphatic heterocycles. The van der Waals surface area contributed by atoms with Crippen LogP contribution in [-0.2, 0) is 27.8 Å². The van der Waals surface area contributed by atoms with Crippen LogP contribution in [0.3, 0.4) is 0 Å². The molecule has 1 amide bonds. The predicted molar refractivity (Wildman–Crippen MR) is 129 cm³/mol. The number of carbonyl (C=O) groups is 1. The Morgan fingerprint density at radius 1 is 0.969 bits per heavy atom. The standard InChI is InChI=1S/C25H26N2O3S2/c1-19-7-9-22(10-8-19)27(32(29,30)24-13-11-23(31-2)12-14-24)18-25(28)26-16-15-20-5-3-4-6-21(20)17-26/h3-14H,15-18H2,1-2H3. The molecule has 0 unspecified atom stereocenters. The average Bonchev–Trinajstić information content (AvgIpc) is 2.82. The predicted octanol–water partition coefficient (Wildman–Crippen LogP) is 4.50. The molecule has 1 heterocycles. The van der Waals surface area contributed by atoms with Crippen molar-refractivity contribution in [2.24, 2.45) is 0 Å². The van der Waals surface area contributed by atoms with E-state index < -0.39 is 10.0 Å². The van der Waals surface area contributed by atoms with Gasteiger partial charge in [-0.15, -0.1) is 11.8 Å². The summed E-state index contributed by atoms with van der Waals surface area (Å²) in [5.41, 5.74) is 3.86. The lowest BCUT2D eigenvalue weighted by atomic mass is 10.00. The van der Waals surface area contributed by atoms with Crippen LogP contribution in [0.15, 0.2) is 82.6 Å². The number of rotatable bonds is 6. The Labute approximate surface area is 194 Å². The quantitative estimate of drug-likeness (QED) is 0.502. The lowest BCUT2D eigenvalue weighted by Gasteiger charge is -2.32. The first-order valence-electron chi connectivity index (χ1n) is 10.5. The average molecular weight is 467 g/mol. The van der Waals surface area contributed by atoms with E-state index in [1.807, 2.05) is 43.5 Å². The highest BCUT2D eigenvalue weighted by Crippen LogP contribution is 2.27. The molecule has 0 aromatic heterocycles. The van der Waals surface area contributed by atoms with Gasteiger partial charge in [0.05, 0.1) is 10.6 Å². The van der Waals surface area contributed by atoms with Crippen LogP contribution in [0.1, 0.15) is 16.7 Å². The van der Waals surface area contributed by atoms with Gasteiger partial charge in [-0.25, -0.2) is 8.42 Å². The summed E-state index contributed by atoms with van der Waals surface area (Å²) >= 11 is 1.55. The van der Waals surface area contributed by atoms with Gasteiger partial charge >= 0.3 is 0 Å². The molecule has 0 N–H and O–H groups in total. The highest BCUT2D eigenvalue weighted by Gasteiger charge is 2.30. The zero-order valence-electron chi connectivity index (χ0n) is 18.2. The number of anilines is 1. The zero-order chi connectivity index (χ0) is 22.7. The number of hydrogen-bond acceptors (Lipinski definition) is 4. The zero-order valence-corrected chi connectivity index (χ0v) is 19.8. The van der Waals surface area contributed by atoms with E-state index in [1.165, 1.54) is 9.87 Å². The number of hydrogen-bond donors (Lipinski definition) is 0. The van der Waals surface area contributed by atoms with E-state index in [4.69, 9.17) is 0 Å². The number of nitrogens with zero attached hydrogens (tertiary/aromatic N) is 2. The number of amides is 1. The van der Waals surface area contributed by atoms with Crippen molar-refractivity contribution in [3.8, 4) is 0 Å². The summed E-state index contributed by atoms with van der Waals surface area (Å²) in [6.07, 6.45) is 2.72. The van der Waals surface area contributed by atoms with Crippen LogP contribution in [0.25, 0.3) is 0 Å². The minimum atomic E-state index is -3.91. The van der Waals surface area contributed by atoms with Crippen molar-refractivity contribution < 1.29 is 13.2 Å². The van der Waals surface area contributed by atoms with Crippen LogP contribution < -0.4 is 4.31 Å². The van der Waals surface area contributed by atoms with E-state index >= 15 is 0 Å². The third-order valence-corrected chi connectivity index (χ3v) is 8.26. The molecule has 32 heavy (non-hydrogen) atoms. The van der Waals surface area contributed by atoms with Gasteiger partial charge in [0.1, 0.15) is 6.54 Å². The second-order valence-corrected chi connectivity index (χ2v) is 10.6. The smallest absolute Gasteiger partial charge is 0.264 e.